The second-order valence-corrected chi connectivity index (χ2v) is 21.3. The summed E-state index contributed by atoms with van der Waals surface area (Å²) in [7, 11) is 0. The van der Waals surface area contributed by atoms with Gasteiger partial charge in [0.2, 0.25) is 0 Å². The Morgan fingerprint density at radius 2 is 0.500 bits per heavy atom. The van der Waals surface area contributed by atoms with Crippen molar-refractivity contribution >= 4 is 17.9 Å². The number of hydrogen-bond acceptors (Lipinski definition) is 6. The molecule has 6 heteroatoms. The molecule has 0 aromatic rings. The molecule has 0 radical (unpaired) electrons. The van der Waals surface area contributed by atoms with Crippen LogP contribution in [0.4, 0.5) is 0 Å². The van der Waals surface area contributed by atoms with Crippen molar-refractivity contribution in [2.75, 3.05) is 13.2 Å². The van der Waals surface area contributed by atoms with Gasteiger partial charge in [0.1, 0.15) is 13.2 Å². The number of ether oxygens (including phenoxy) is 3. The van der Waals surface area contributed by atoms with Gasteiger partial charge >= 0.3 is 17.9 Å². The van der Waals surface area contributed by atoms with Gasteiger partial charge in [-0.15, -0.1) is 0 Å². The van der Waals surface area contributed by atoms with E-state index < -0.39 is 6.10 Å². The molecule has 0 aliphatic heterocycles. The highest BCUT2D eigenvalue weighted by Crippen LogP contribution is 2.16. The van der Waals surface area contributed by atoms with Crippen molar-refractivity contribution in [3.63, 3.8) is 0 Å². The van der Waals surface area contributed by atoms with Gasteiger partial charge in [-0.3, -0.25) is 14.4 Å². The van der Waals surface area contributed by atoms with Crippen LogP contribution in [0.1, 0.15) is 335 Å². The van der Waals surface area contributed by atoms with Crippen LogP contribution in [0.25, 0.3) is 0 Å². The molecule has 0 rings (SSSR count). The summed E-state index contributed by atoms with van der Waals surface area (Å²) in [6.45, 7) is 6.63. The molecule has 0 aromatic heterocycles. The van der Waals surface area contributed by atoms with Gasteiger partial charge in [0.05, 0.1) is 0 Å². The minimum atomic E-state index is -0.778. The van der Waals surface area contributed by atoms with E-state index in [4.69, 9.17) is 14.2 Å². The zero-order valence-electron chi connectivity index (χ0n) is 48.2. The summed E-state index contributed by atoms with van der Waals surface area (Å²) >= 11 is 0. The highest BCUT2D eigenvalue weighted by molar-refractivity contribution is 5.71. The van der Waals surface area contributed by atoms with E-state index in [9.17, 15) is 14.4 Å². The van der Waals surface area contributed by atoms with Crippen LogP contribution in [-0.2, 0) is 28.6 Å². The van der Waals surface area contributed by atoms with Gasteiger partial charge in [-0.25, -0.2) is 0 Å². The molecular formula is C66H120O6. The van der Waals surface area contributed by atoms with Crippen molar-refractivity contribution in [2.45, 2.75) is 341 Å². The quantitative estimate of drug-likeness (QED) is 0.0261. The molecule has 0 aliphatic carbocycles. The van der Waals surface area contributed by atoms with Crippen LogP contribution in [-0.4, -0.2) is 37.2 Å². The maximum absolute atomic E-state index is 12.9. The van der Waals surface area contributed by atoms with Crippen molar-refractivity contribution in [1.29, 1.82) is 0 Å². The molecule has 0 amide bonds. The summed E-state index contributed by atoms with van der Waals surface area (Å²) < 4.78 is 16.9. The molecule has 0 fully saturated rings. The third-order valence-corrected chi connectivity index (χ3v) is 14.0. The first-order valence-electron chi connectivity index (χ1n) is 31.6. The normalized spacial score (nSPS) is 12.3. The first-order valence-corrected chi connectivity index (χ1v) is 31.6. The van der Waals surface area contributed by atoms with E-state index in [2.05, 4.69) is 69.4 Å². The van der Waals surface area contributed by atoms with Gasteiger partial charge in [-0.1, -0.05) is 262 Å². The number of hydrogen-bond donors (Lipinski definition) is 0. The van der Waals surface area contributed by atoms with Crippen molar-refractivity contribution in [3.8, 4) is 0 Å². The Bertz CT molecular complexity index is 1250. The summed E-state index contributed by atoms with van der Waals surface area (Å²) in [6, 6.07) is 0. The Balaban J connectivity index is 4.28. The first-order chi connectivity index (χ1) is 35.5. The lowest BCUT2D eigenvalue weighted by Crippen LogP contribution is -2.30. The standard InChI is InChI=1S/C66H120O6/c1-4-7-10-13-16-19-22-25-27-29-31-32-33-34-36-37-39-41-44-47-50-53-56-59-65(68)71-62-63(61-70-64(67)58-55-52-49-46-43-24-21-18-15-12-9-6-3)72-66(69)60-57-54-51-48-45-42-40-38-35-30-28-26-23-20-17-14-11-8-5-2/h18,21-22,25-26,28-29,31,63H,4-17,19-20,23-24,27,30,32-62H2,1-3H3/b21-18-,25-22-,28-26-,31-29-. The molecule has 1 unspecified atom stereocenters. The van der Waals surface area contributed by atoms with Crippen molar-refractivity contribution in [1.82, 2.24) is 0 Å². The van der Waals surface area contributed by atoms with Crippen molar-refractivity contribution in [3.05, 3.63) is 48.6 Å². The highest BCUT2D eigenvalue weighted by atomic mass is 16.6. The molecule has 6 nitrogen and oxygen atoms in total. The smallest absolute Gasteiger partial charge is 0.306 e. The van der Waals surface area contributed by atoms with Crippen LogP contribution in [0.2, 0.25) is 0 Å². The predicted octanol–water partition coefficient (Wildman–Crippen LogP) is 21.4. The molecule has 0 saturated carbocycles. The SMILES string of the molecule is CCCCC/C=C\CCCCCCCC(=O)OCC(COC(=O)CCCCCCCCCCCCC/C=C\C/C=C\CCCCCCC)OC(=O)CCCCCCCCCCC/C=C\CCCCCCCC. The number of esters is 3. The monoisotopic (exact) mass is 1010 g/mol. The van der Waals surface area contributed by atoms with Crippen LogP contribution in [0.5, 0.6) is 0 Å². The summed E-state index contributed by atoms with van der Waals surface area (Å²) in [5.74, 6) is -0.871. The molecule has 1 atom stereocenters. The molecule has 0 spiro atoms. The summed E-state index contributed by atoms with van der Waals surface area (Å²) in [5, 5.41) is 0. The largest absolute Gasteiger partial charge is 0.462 e. The topological polar surface area (TPSA) is 78.9 Å². The lowest BCUT2D eigenvalue weighted by atomic mass is 10.0. The lowest BCUT2D eigenvalue weighted by molar-refractivity contribution is -0.167. The summed E-state index contributed by atoms with van der Waals surface area (Å²) in [4.78, 5) is 38.2. The molecule has 0 aromatic carbocycles. The maximum Gasteiger partial charge on any atom is 0.306 e. The maximum atomic E-state index is 12.9. The number of carbonyl (C=O) groups is 3. The Labute approximate surface area is 448 Å². The Hall–Kier alpha value is -2.63. The predicted molar refractivity (Wildman–Crippen MR) is 312 cm³/mol. The van der Waals surface area contributed by atoms with Crippen LogP contribution >= 0.6 is 0 Å². The van der Waals surface area contributed by atoms with E-state index in [-0.39, 0.29) is 31.1 Å². The Morgan fingerprint density at radius 3 is 0.806 bits per heavy atom. The van der Waals surface area contributed by atoms with E-state index >= 15 is 0 Å². The van der Waals surface area contributed by atoms with Gasteiger partial charge in [-0.05, 0) is 103 Å². The minimum Gasteiger partial charge on any atom is -0.462 e. The average molecular weight is 1010 g/mol. The minimum absolute atomic E-state index is 0.0754. The lowest BCUT2D eigenvalue weighted by Gasteiger charge is -2.18. The Kier molecular flexibility index (Phi) is 58.7. The molecule has 72 heavy (non-hydrogen) atoms. The molecule has 420 valence electrons. The van der Waals surface area contributed by atoms with E-state index in [0.717, 1.165) is 70.6 Å². The molecule has 0 aliphatic rings. The molecule has 0 bridgehead atoms. The van der Waals surface area contributed by atoms with Crippen LogP contribution < -0.4 is 0 Å². The van der Waals surface area contributed by atoms with E-state index in [1.807, 2.05) is 0 Å². The third kappa shape index (κ3) is 58.3. The second-order valence-electron chi connectivity index (χ2n) is 21.3. The van der Waals surface area contributed by atoms with Gasteiger partial charge in [0.25, 0.3) is 0 Å². The summed E-state index contributed by atoms with van der Waals surface area (Å²) in [5.41, 5.74) is 0. The fraction of sp³-hybridized carbons (Fsp3) is 0.833. The fourth-order valence-corrected chi connectivity index (χ4v) is 9.23. The zero-order chi connectivity index (χ0) is 52.2. The molecule has 0 saturated heterocycles. The van der Waals surface area contributed by atoms with Crippen LogP contribution in [0.15, 0.2) is 48.6 Å². The fourth-order valence-electron chi connectivity index (χ4n) is 9.23. The van der Waals surface area contributed by atoms with E-state index in [0.29, 0.717) is 19.3 Å². The van der Waals surface area contributed by atoms with Crippen LogP contribution in [0.3, 0.4) is 0 Å². The van der Waals surface area contributed by atoms with Gasteiger partial charge in [-0.2, -0.15) is 0 Å². The van der Waals surface area contributed by atoms with Crippen molar-refractivity contribution in [2.24, 2.45) is 0 Å². The zero-order valence-corrected chi connectivity index (χ0v) is 48.2. The molecule has 0 N–H and O–H groups in total. The van der Waals surface area contributed by atoms with E-state index in [1.54, 1.807) is 0 Å². The average Bonchev–Trinajstić information content (AvgIpc) is 3.38. The number of carbonyl (C=O) groups excluding carboxylic acids is 3. The number of allylic oxidation sites excluding steroid dienone is 8. The number of unbranched alkanes of at least 4 members (excludes halogenated alkanes) is 39. The number of rotatable bonds is 58. The van der Waals surface area contributed by atoms with Gasteiger partial charge in [0.15, 0.2) is 6.10 Å². The van der Waals surface area contributed by atoms with Crippen LogP contribution in [0, 0.1) is 0 Å². The Morgan fingerprint density at radius 1 is 0.278 bits per heavy atom. The summed E-state index contributed by atoms with van der Waals surface area (Å²) in [6.07, 6.45) is 75.4. The molecular weight excluding hydrogens is 889 g/mol. The van der Waals surface area contributed by atoms with E-state index in [1.165, 1.54) is 225 Å². The second kappa shape index (κ2) is 60.9. The van der Waals surface area contributed by atoms with Crippen molar-refractivity contribution < 1.29 is 28.6 Å². The highest BCUT2D eigenvalue weighted by Gasteiger charge is 2.19. The first kappa shape index (κ1) is 69.4. The van der Waals surface area contributed by atoms with Gasteiger partial charge in [0, 0.05) is 19.3 Å². The molecule has 0 heterocycles. The third-order valence-electron chi connectivity index (χ3n) is 14.0. The van der Waals surface area contributed by atoms with Gasteiger partial charge < -0.3 is 14.2 Å².